The fraction of sp³-hybridized carbons (Fsp3) is 0.318. The number of fused-ring (bicyclic) bond motifs is 1. The molecule has 27 heavy (non-hydrogen) atoms. The van der Waals surface area contributed by atoms with E-state index in [0.29, 0.717) is 24.7 Å². The number of hydrogen-bond acceptors (Lipinski definition) is 4. The molecule has 0 N–H and O–H groups in total. The molecule has 3 aromatic rings. The third-order valence-corrected chi connectivity index (χ3v) is 4.99. The number of nitrogens with zero attached hydrogens (tertiary/aromatic N) is 3. The van der Waals surface area contributed by atoms with Crippen LogP contribution in [0, 0.1) is 6.92 Å². The number of piperidine rings is 1. The number of ether oxygens (including phenoxy) is 1. The number of benzene rings is 2. The molecule has 0 saturated carbocycles. The topological polar surface area (TPSA) is 55.3 Å². The maximum Gasteiger partial charge on any atom is 0.227 e. The van der Waals surface area contributed by atoms with E-state index in [-0.39, 0.29) is 12.0 Å². The van der Waals surface area contributed by atoms with Gasteiger partial charge in [-0.05, 0) is 36.1 Å². The summed E-state index contributed by atoms with van der Waals surface area (Å²) in [7, 11) is 0. The zero-order valence-electron chi connectivity index (χ0n) is 15.5. The van der Waals surface area contributed by atoms with Gasteiger partial charge in [-0.2, -0.15) is 4.98 Å². The Balaban J connectivity index is 1.44. The first-order chi connectivity index (χ1) is 13.2. The fourth-order valence-corrected chi connectivity index (χ4v) is 3.65. The molecule has 2 aromatic carbocycles. The molecule has 1 unspecified atom stereocenters. The van der Waals surface area contributed by atoms with Gasteiger partial charge in [-0.1, -0.05) is 42.5 Å². The Morgan fingerprint density at radius 2 is 2.04 bits per heavy atom. The molecule has 1 atom stereocenters. The minimum Gasteiger partial charge on any atom is -0.472 e. The highest BCUT2D eigenvalue weighted by Gasteiger charge is 2.25. The van der Waals surface area contributed by atoms with Crippen LogP contribution in [-0.2, 0) is 11.2 Å². The largest absolute Gasteiger partial charge is 0.472 e. The molecule has 5 nitrogen and oxygen atoms in total. The minimum absolute atomic E-state index is 0.0236. The van der Waals surface area contributed by atoms with Gasteiger partial charge in [0.15, 0.2) is 0 Å². The average molecular weight is 361 g/mol. The Hall–Kier alpha value is -2.95. The van der Waals surface area contributed by atoms with Gasteiger partial charge in [0.25, 0.3) is 0 Å². The van der Waals surface area contributed by atoms with Gasteiger partial charge >= 0.3 is 0 Å². The molecule has 1 aliphatic rings. The summed E-state index contributed by atoms with van der Waals surface area (Å²) < 4.78 is 5.99. The molecule has 1 amide bonds. The van der Waals surface area contributed by atoms with Crippen LogP contribution in [0.3, 0.4) is 0 Å². The van der Waals surface area contributed by atoms with Gasteiger partial charge in [-0.25, -0.2) is 4.98 Å². The smallest absolute Gasteiger partial charge is 0.227 e. The second-order valence-electron chi connectivity index (χ2n) is 6.98. The summed E-state index contributed by atoms with van der Waals surface area (Å²) in [5, 5.41) is 2.32. The molecule has 0 radical (unpaired) electrons. The summed E-state index contributed by atoms with van der Waals surface area (Å²) in [6.07, 6.45) is 3.96. The summed E-state index contributed by atoms with van der Waals surface area (Å²) in [6, 6.07) is 16.1. The van der Waals surface area contributed by atoms with E-state index in [1.807, 2.05) is 36.1 Å². The highest BCUT2D eigenvalue weighted by Crippen LogP contribution is 2.21. The van der Waals surface area contributed by atoms with Crippen molar-refractivity contribution in [1.82, 2.24) is 14.9 Å². The first-order valence-corrected chi connectivity index (χ1v) is 9.40. The maximum absolute atomic E-state index is 12.9. The Morgan fingerprint density at radius 3 is 2.93 bits per heavy atom. The zero-order valence-corrected chi connectivity index (χ0v) is 15.5. The number of likely N-dealkylation sites (tertiary alicyclic amines) is 1. The Bertz CT molecular complexity index is 952. The van der Waals surface area contributed by atoms with Crippen LogP contribution in [0.25, 0.3) is 10.8 Å². The quantitative estimate of drug-likeness (QED) is 0.713. The third kappa shape index (κ3) is 4.08. The number of carbonyl (C=O) groups excluding carboxylic acids is 1. The van der Waals surface area contributed by atoms with Crippen LogP contribution in [0.15, 0.2) is 54.7 Å². The van der Waals surface area contributed by atoms with Crippen molar-refractivity contribution in [2.45, 2.75) is 32.3 Å². The predicted molar refractivity (Wildman–Crippen MR) is 105 cm³/mol. The van der Waals surface area contributed by atoms with E-state index in [9.17, 15) is 4.79 Å². The summed E-state index contributed by atoms with van der Waals surface area (Å²) in [4.78, 5) is 23.2. The molecule has 4 rings (SSSR count). The van der Waals surface area contributed by atoms with Crippen molar-refractivity contribution >= 4 is 16.7 Å². The lowest BCUT2D eigenvalue weighted by Gasteiger charge is -2.32. The Morgan fingerprint density at radius 1 is 1.19 bits per heavy atom. The van der Waals surface area contributed by atoms with Crippen molar-refractivity contribution in [1.29, 1.82) is 0 Å². The van der Waals surface area contributed by atoms with Crippen LogP contribution in [0.5, 0.6) is 5.88 Å². The molecule has 2 heterocycles. The van der Waals surface area contributed by atoms with Gasteiger partial charge in [0.05, 0.1) is 13.0 Å². The van der Waals surface area contributed by atoms with Crippen LogP contribution in [0.4, 0.5) is 0 Å². The molecule has 1 aliphatic heterocycles. The van der Waals surface area contributed by atoms with Crippen LogP contribution < -0.4 is 4.74 Å². The number of amides is 1. The molecule has 1 aromatic heterocycles. The standard InChI is InChI=1S/C22H23N3O2/c1-16-23-12-11-21(24-16)27-19-9-5-13-25(15-19)22(26)14-18-8-4-7-17-6-2-3-10-20(17)18/h2-4,6-8,10-12,19H,5,9,13-15H2,1H3. The van der Waals surface area contributed by atoms with Gasteiger partial charge in [0.2, 0.25) is 11.8 Å². The van der Waals surface area contributed by atoms with Crippen LogP contribution in [0.2, 0.25) is 0 Å². The predicted octanol–water partition coefficient (Wildman–Crippen LogP) is 3.55. The van der Waals surface area contributed by atoms with Gasteiger partial charge < -0.3 is 9.64 Å². The monoisotopic (exact) mass is 361 g/mol. The fourth-order valence-electron chi connectivity index (χ4n) is 3.65. The third-order valence-electron chi connectivity index (χ3n) is 4.99. The van der Waals surface area contributed by atoms with Crippen molar-refractivity contribution in [2.75, 3.05) is 13.1 Å². The van der Waals surface area contributed by atoms with E-state index in [0.717, 1.165) is 30.3 Å². The van der Waals surface area contributed by atoms with Crippen molar-refractivity contribution in [3.63, 3.8) is 0 Å². The lowest BCUT2D eigenvalue weighted by atomic mass is 10.0. The lowest BCUT2D eigenvalue weighted by Crippen LogP contribution is -2.45. The van der Waals surface area contributed by atoms with Crippen molar-refractivity contribution in [3.05, 3.63) is 66.1 Å². The number of carbonyl (C=O) groups is 1. The van der Waals surface area contributed by atoms with E-state index >= 15 is 0 Å². The van der Waals surface area contributed by atoms with Crippen LogP contribution in [0.1, 0.15) is 24.2 Å². The van der Waals surface area contributed by atoms with E-state index < -0.39 is 0 Å². The summed E-state index contributed by atoms with van der Waals surface area (Å²) in [5.41, 5.74) is 1.08. The first-order valence-electron chi connectivity index (χ1n) is 9.40. The maximum atomic E-state index is 12.9. The lowest BCUT2D eigenvalue weighted by molar-refractivity contribution is -0.133. The SMILES string of the molecule is Cc1nccc(OC2CCCN(C(=O)Cc3cccc4ccccc34)C2)n1. The Kier molecular flexibility index (Phi) is 5.01. The van der Waals surface area contributed by atoms with E-state index in [4.69, 9.17) is 4.74 Å². The second-order valence-corrected chi connectivity index (χ2v) is 6.98. The molecule has 5 heteroatoms. The van der Waals surface area contributed by atoms with E-state index in [1.165, 1.54) is 5.39 Å². The molecular weight excluding hydrogens is 338 g/mol. The molecule has 1 saturated heterocycles. The normalized spacial score (nSPS) is 17.1. The van der Waals surface area contributed by atoms with Gasteiger partial charge in [-0.3, -0.25) is 4.79 Å². The van der Waals surface area contributed by atoms with Crippen molar-refractivity contribution < 1.29 is 9.53 Å². The van der Waals surface area contributed by atoms with Crippen molar-refractivity contribution in [2.24, 2.45) is 0 Å². The first kappa shape index (κ1) is 17.5. The van der Waals surface area contributed by atoms with Crippen LogP contribution >= 0.6 is 0 Å². The highest BCUT2D eigenvalue weighted by atomic mass is 16.5. The van der Waals surface area contributed by atoms with Gasteiger partial charge in [-0.15, -0.1) is 0 Å². The molecule has 0 aliphatic carbocycles. The second kappa shape index (κ2) is 7.74. The van der Waals surface area contributed by atoms with Crippen LogP contribution in [-0.4, -0.2) is 40.0 Å². The Labute approximate surface area is 159 Å². The van der Waals surface area contributed by atoms with Crippen molar-refractivity contribution in [3.8, 4) is 5.88 Å². The highest BCUT2D eigenvalue weighted by molar-refractivity contribution is 5.90. The molecule has 1 fully saturated rings. The molecule has 138 valence electrons. The molecular formula is C22H23N3O2. The summed E-state index contributed by atoms with van der Waals surface area (Å²) in [6.45, 7) is 3.23. The number of aromatic nitrogens is 2. The molecule has 0 spiro atoms. The van der Waals surface area contributed by atoms with Gasteiger partial charge in [0.1, 0.15) is 11.9 Å². The molecule has 0 bridgehead atoms. The van der Waals surface area contributed by atoms with Gasteiger partial charge in [0, 0.05) is 18.8 Å². The summed E-state index contributed by atoms with van der Waals surface area (Å²) in [5.74, 6) is 1.42. The zero-order chi connectivity index (χ0) is 18.6. The minimum atomic E-state index is -0.0236. The summed E-state index contributed by atoms with van der Waals surface area (Å²) >= 11 is 0. The van der Waals surface area contributed by atoms with E-state index in [2.05, 4.69) is 28.2 Å². The van der Waals surface area contributed by atoms with E-state index in [1.54, 1.807) is 12.3 Å². The number of rotatable bonds is 4. The number of aryl methyl sites for hydroxylation is 1. The number of hydrogen-bond donors (Lipinski definition) is 0. The average Bonchev–Trinajstić information content (AvgIpc) is 2.68.